The lowest BCUT2D eigenvalue weighted by Gasteiger charge is -2.30. The minimum atomic E-state index is -0.488. The Bertz CT molecular complexity index is 1140. The van der Waals surface area contributed by atoms with Gasteiger partial charge in [-0.2, -0.15) is 4.98 Å². The van der Waals surface area contributed by atoms with E-state index in [1.807, 2.05) is 0 Å². The van der Waals surface area contributed by atoms with Crippen molar-refractivity contribution in [3.63, 3.8) is 0 Å². The van der Waals surface area contributed by atoms with Gasteiger partial charge in [-0.15, -0.1) is 0 Å². The Balaban J connectivity index is 1.30. The Morgan fingerprint density at radius 1 is 1.22 bits per heavy atom. The number of likely N-dealkylation sites (tertiary alicyclic amines) is 1. The zero-order valence-electron chi connectivity index (χ0n) is 16.8. The molecule has 11 heteroatoms. The van der Waals surface area contributed by atoms with E-state index < -0.39 is 4.92 Å². The molecule has 1 aliphatic heterocycles. The molecular formula is C21H19Cl2N5O4. The lowest BCUT2D eigenvalue weighted by atomic mass is 9.96. The van der Waals surface area contributed by atoms with Gasteiger partial charge >= 0.3 is 0 Å². The first-order valence-corrected chi connectivity index (χ1v) is 10.7. The molecule has 3 aromatic rings. The highest BCUT2D eigenvalue weighted by molar-refractivity contribution is 6.36. The van der Waals surface area contributed by atoms with Crippen molar-refractivity contribution in [1.82, 2.24) is 15.0 Å². The van der Waals surface area contributed by atoms with Crippen LogP contribution in [0.3, 0.4) is 0 Å². The van der Waals surface area contributed by atoms with Gasteiger partial charge in [-0.25, -0.2) is 0 Å². The van der Waals surface area contributed by atoms with Gasteiger partial charge in [0.05, 0.1) is 16.5 Å². The Morgan fingerprint density at radius 3 is 2.72 bits per heavy atom. The molecule has 2 aromatic carbocycles. The van der Waals surface area contributed by atoms with Crippen LogP contribution >= 0.6 is 23.2 Å². The Labute approximate surface area is 193 Å². The SMILES string of the molecule is O=C(Nc1cccc([N+](=O)[O-])c1)C1CCN(Cc2nc(-c3ccc(Cl)cc3Cl)no2)CC1. The van der Waals surface area contributed by atoms with Crippen molar-refractivity contribution >= 4 is 40.5 Å². The predicted molar refractivity (Wildman–Crippen MR) is 119 cm³/mol. The highest BCUT2D eigenvalue weighted by Gasteiger charge is 2.26. The van der Waals surface area contributed by atoms with Gasteiger partial charge in [-0.05, 0) is 50.2 Å². The van der Waals surface area contributed by atoms with Crippen molar-refractivity contribution in [2.24, 2.45) is 5.92 Å². The van der Waals surface area contributed by atoms with E-state index in [2.05, 4.69) is 20.4 Å². The average molecular weight is 476 g/mol. The Hall–Kier alpha value is -3.01. The van der Waals surface area contributed by atoms with E-state index in [-0.39, 0.29) is 17.5 Å². The second-order valence-electron chi connectivity index (χ2n) is 7.48. The van der Waals surface area contributed by atoms with E-state index in [9.17, 15) is 14.9 Å². The summed E-state index contributed by atoms with van der Waals surface area (Å²) in [6.07, 6.45) is 1.32. The van der Waals surface area contributed by atoms with Gasteiger partial charge in [-0.1, -0.05) is 34.4 Å². The number of piperidine rings is 1. The monoisotopic (exact) mass is 475 g/mol. The van der Waals surface area contributed by atoms with Gasteiger partial charge in [0.2, 0.25) is 17.6 Å². The number of nitrogens with zero attached hydrogens (tertiary/aromatic N) is 4. The number of non-ortho nitro benzene ring substituents is 1. The van der Waals surface area contributed by atoms with E-state index >= 15 is 0 Å². The molecule has 1 aliphatic rings. The van der Waals surface area contributed by atoms with Crippen LogP contribution in [0.1, 0.15) is 18.7 Å². The van der Waals surface area contributed by atoms with Crippen LogP contribution in [0.5, 0.6) is 0 Å². The van der Waals surface area contributed by atoms with E-state index in [1.54, 1.807) is 30.3 Å². The summed E-state index contributed by atoms with van der Waals surface area (Å²) in [6.45, 7) is 1.84. The number of halogens is 2. The zero-order valence-corrected chi connectivity index (χ0v) is 18.3. The number of nitro groups is 1. The summed E-state index contributed by atoms with van der Waals surface area (Å²) >= 11 is 12.1. The number of anilines is 1. The van der Waals surface area contributed by atoms with Crippen molar-refractivity contribution < 1.29 is 14.2 Å². The molecule has 32 heavy (non-hydrogen) atoms. The molecule has 0 spiro atoms. The normalized spacial score (nSPS) is 14.9. The van der Waals surface area contributed by atoms with Crippen LogP contribution in [0, 0.1) is 16.0 Å². The lowest BCUT2D eigenvalue weighted by molar-refractivity contribution is -0.384. The highest BCUT2D eigenvalue weighted by atomic mass is 35.5. The third kappa shape index (κ3) is 5.24. The average Bonchev–Trinajstić information content (AvgIpc) is 3.22. The number of benzene rings is 2. The summed E-state index contributed by atoms with van der Waals surface area (Å²) in [5, 5.41) is 18.6. The molecule has 2 heterocycles. The maximum absolute atomic E-state index is 12.6. The number of hydrogen-bond donors (Lipinski definition) is 1. The molecule has 0 radical (unpaired) electrons. The molecule has 4 rings (SSSR count). The minimum absolute atomic E-state index is 0.0589. The molecule has 0 bridgehead atoms. The van der Waals surface area contributed by atoms with Crippen molar-refractivity contribution in [1.29, 1.82) is 0 Å². The molecule has 1 amide bonds. The zero-order chi connectivity index (χ0) is 22.7. The van der Waals surface area contributed by atoms with Gasteiger partial charge < -0.3 is 9.84 Å². The molecule has 166 valence electrons. The van der Waals surface area contributed by atoms with E-state index in [0.717, 1.165) is 0 Å². The number of nitro benzene ring substituents is 1. The number of carbonyl (C=O) groups is 1. The molecule has 0 unspecified atom stereocenters. The van der Waals surface area contributed by atoms with Crippen LogP contribution < -0.4 is 5.32 Å². The largest absolute Gasteiger partial charge is 0.338 e. The van der Waals surface area contributed by atoms with Gasteiger partial charge in [0, 0.05) is 34.3 Å². The van der Waals surface area contributed by atoms with Crippen molar-refractivity contribution in [3.8, 4) is 11.4 Å². The van der Waals surface area contributed by atoms with Gasteiger partial charge in [0.25, 0.3) is 5.69 Å². The fourth-order valence-corrected chi connectivity index (χ4v) is 4.08. The number of amides is 1. The second kappa shape index (κ2) is 9.64. The molecule has 0 saturated carbocycles. The number of hydrogen-bond acceptors (Lipinski definition) is 7. The third-order valence-corrected chi connectivity index (χ3v) is 5.83. The lowest BCUT2D eigenvalue weighted by Crippen LogP contribution is -2.37. The van der Waals surface area contributed by atoms with E-state index in [4.69, 9.17) is 27.7 Å². The van der Waals surface area contributed by atoms with E-state index in [1.165, 1.54) is 12.1 Å². The number of aromatic nitrogens is 2. The van der Waals surface area contributed by atoms with Gasteiger partial charge in [0.15, 0.2) is 0 Å². The second-order valence-corrected chi connectivity index (χ2v) is 8.33. The van der Waals surface area contributed by atoms with Crippen LogP contribution in [0.25, 0.3) is 11.4 Å². The fraction of sp³-hybridized carbons (Fsp3) is 0.286. The molecule has 1 saturated heterocycles. The standard InChI is InChI=1S/C21H19Cl2N5O4/c22-14-4-5-17(18(23)10-14)20-25-19(32-26-20)12-27-8-6-13(7-9-27)21(29)24-15-2-1-3-16(11-15)28(30)31/h1-5,10-11,13H,6-9,12H2,(H,24,29). The first-order chi connectivity index (χ1) is 15.4. The van der Waals surface area contributed by atoms with Gasteiger partial charge in [-0.3, -0.25) is 19.8 Å². The molecular weight excluding hydrogens is 457 g/mol. The Kier molecular flexibility index (Phi) is 6.69. The maximum Gasteiger partial charge on any atom is 0.271 e. The van der Waals surface area contributed by atoms with Crippen molar-refractivity contribution in [2.75, 3.05) is 18.4 Å². The molecule has 1 N–H and O–H groups in total. The molecule has 0 aliphatic carbocycles. The smallest absolute Gasteiger partial charge is 0.271 e. The maximum atomic E-state index is 12.6. The first kappa shape index (κ1) is 22.2. The number of nitrogens with one attached hydrogen (secondary N) is 1. The summed E-state index contributed by atoms with van der Waals surface area (Å²) in [4.78, 5) is 29.5. The number of carbonyl (C=O) groups excluding carboxylic acids is 1. The van der Waals surface area contributed by atoms with E-state index in [0.29, 0.717) is 65.5 Å². The highest BCUT2D eigenvalue weighted by Crippen LogP contribution is 2.29. The minimum Gasteiger partial charge on any atom is -0.338 e. The molecule has 1 aromatic heterocycles. The van der Waals surface area contributed by atoms with Gasteiger partial charge in [0.1, 0.15) is 0 Å². The van der Waals surface area contributed by atoms with Crippen LogP contribution in [0.15, 0.2) is 47.0 Å². The predicted octanol–water partition coefficient (Wildman–Crippen LogP) is 4.80. The Morgan fingerprint density at radius 2 is 2.00 bits per heavy atom. The van der Waals surface area contributed by atoms with Crippen LogP contribution in [-0.2, 0) is 11.3 Å². The molecule has 1 fully saturated rings. The van der Waals surface area contributed by atoms with Crippen LogP contribution in [-0.4, -0.2) is 39.0 Å². The molecule has 9 nitrogen and oxygen atoms in total. The molecule has 0 atom stereocenters. The summed E-state index contributed by atoms with van der Waals surface area (Å²) in [5.41, 5.74) is 1.00. The number of rotatable bonds is 6. The topological polar surface area (TPSA) is 114 Å². The van der Waals surface area contributed by atoms with Crippen LogP contribution in [0.4, 0.5) is 11.4 Å². The summed E-state index contributed by atoms with van der Waals surface area (Å²) in [6, 6.07) is 11.0. The van der Waals surface area contributed by atoms with Crippen molar-refractivity contribution in [2.45, 2.75) is 19.4 Å². The third-order valence-electron chi connectivity index (χ3n) is 5.28. The quantitative estimate of drug-likeness (QED) is 0.401. The van der Waals surface area contributed by atoms with Crippen LogP contribution in [0.2, 0.25) is 10.0 Å². The fourth-order valence-electron chi connectivity index (χ4n) is 3.59. The summed E-state index contributed by atoms with van der Waals surface area (Å²) in [5.74, 6) is 0.553. The summed E-state index contributed by atoms with van der Waals surface area (Å²) < 4.78 is 5.36. The first-order valence-electron chi connectivity index (χ1n) is 9.95. The van der Waals surface area contributed by atoms with Crippen molar-refractivity contribution in [3.05, 3.63) is 68.5 Å². The summed E-state index contributed by atoms with van der Waals surface area (Å²) in [7, 11) is 0.